The second kappa shape index (κ2) is 11.7. The highest BCUT2D eigenvalue weighted by atomic mass is 19.1. The Hall–Kier alpha value is -3.21. The summed E-state index contributed by atoms with van der Waals surface area (Å²) >= 11 is 0. The minimum Gasteiger partial charge on any atom is -0.494 e. The van der Waals surface area contributed by atoms with E-state index in [0.717, 1.165) is 59.6 Å². The number of rotatable bonds is 9. The van der Waals surface area contributed by atoms with Crippen LogP contribution in [0.1, 0.15) is 73.4 Å². The third kappa shape index (κ3) is 5.48. The largest absolute Gasteiger partial charge is 0.494 e. The van der Waals surface area contributed by atoms with Gasteiger partial charge in [0.15, 0.2) is 17.3 Å². The molecule has 1 atom stereocenters. The first-order chi connectivity index (χ1) is 18.5. The van der Waals surface area contributed by atoms with Crippen molar-refractivity contribution in [3.05, 3.63) is 88.9 Å². The van der Waals surface area contributed by atoms with E-state index in [9.17, 15) is 9.18 Å². The molecule has 2 aliphatic carbocycles. The number of unbranched alkanes of at least 4 members (excludes halogenated alkanes) is 1. The van der Waals surface area contributed by atoms with Gasteiger partial charge in [-0.2, -0.15) is 0 Å². The maximum Gasteiger partial charge on any atom is 0.165 e. The van der Waals surface area contributed by atoms with Crippen molar-refractivity contribution in [1.82, 2.24) is 0 Å². The predicted molar refractivity (Wildman–Crippen MR) is 154 cm³/mol. The van der Waals surface area contributed by atoms with E-state index in [0.29, 0.717) is 17.4 Å². The Morgan fingerprint density at radius 2 is 1.95 bits per heavy atom. The highest BCUT2D eigenvalue weighted by Gasteiger charge is 2.30. The van der Waals surface area contributed by atoms with Gasteiger partial charge >= 0.3 is 0 Å². The summed E-state index contributed by atoms with van der Waals surface area (Å²) < 4.78 is 19.4. The lowest BCUT2D eigenvalue weighted by Crippen LogP contribution is -2.27. The fourth-order valence-electron chi connectivity index (χ4n) is 6.13. The molecule has 5 rings (SSSR count). The molecule has 0 bridgehead atoms. The van der Waals surface area contributed by atoms with E-state index in [1.165, 1.54) is 32.4 Å². The quantitative estimate of drug-likeness (QED) is 0.272. The van der Waals surface area contributed by atoms with Gasteiger partial charge in [0.05, 0.1) is 12.8 Å². The van der Waals surface area contributed by atoms with Crippen LogP contribution in [0.4, 0.5) is 4.39 Å². The second-order valence-electron chi connectivity index (χ2n) is 10.8. The number of allylic oxidation sites excluding steroid dienone is 5. The minimum absolute atomic E-state index is 0.0200. The van der Waals surface area contributed by atoms with Gasteiger partial charge in [0, 0.05) is 23.6 Å². The maximum atomic E-state index is 14.3. The van der Waals surface area contributed by atoms with Gasteiger partial charge in [-0.25, -0.2) is 4.39 Å². The monoisotopic (exact) mass is 507 g/mol. The number of ketones is 1. The van der Waals surface area contributed by atoms with Crippen molar-refractivity contribution in [3.8, 4) is 5.75 Å². The SMILES string of the molecule is [B]c1cc(CC2=CC=CC3C(c4ccc(OC)c(F)c4)=CN=C23)ccc1C(=O)C1CCC(CCCC)CC1. The van der Waals surface area contributed by atoms with Crippen molar-refractivity contribution in [1.29, 1.82) is 0 Å². The molecule has 2 aromatic carbocycles. The summed E-state index contributed by atoms with van der Waals surface area (Å²) in [4.78, 5) is 18.0. The lowest BCUT2D eigenvalue weighted by molar-refractivity contribution is 0.0870. The van der Waals surface area contributed by atoms with Gasteiger partial charge in [0.25, 0.3) is 0 Å². The number of hydrogen-bond acceptors (Lipinski definition) is 3. The number of fused-ring (bicyclic) bond motifs is 1. The Kier molecular flexibility index (Phi) is 8.11. The Labute approximate surface area is 227 Å². The van der Waals surface area contributed by atoms with Crippen LogP contribution in [0.3, 0.4) is 0 Å². The molecule has 38 heavy (non-hydrogen) atoms. The van der Waals surface area contributed by atoms with Crippen molar-refractivity contribution in [2.75, 3.05) is 7.11 Å². The van der Waals surface area contributed by atoms with Crippen LogP contribution in [0.5, 0.6) is 5.75 Å². The Bertz CT molecular complexity index is 1330. The normalized spacial score (nSPS) is 22.4. The molecular weight excluding hydrogens is 472 g/mol. The molecule has 1 heterocycles. The average molecular weight is 507 g/mol. The molecule has 0 aromatic heterocycles. The van der Waals surface area contributed by atoms with Gasteiger partial charge < -0.3 is 4.74 Å². The van der Waals surface area contributed by atoms with Crippen molar-refractivity contribution in [3.63, 3.8) is 0 Å². The van der Waals surface area contributed by atoms with Gasteiger partial charge in [-0.1, -0.05) is 74.1 Å². The van der Waals surface area contributed by atoms with E-state index in [-0.39, 0.29) is 29.2 Å². The van der Waals surface area contributed by atoms with Gasteiger partial charge in [-0.3, -0.25) is 9.79 Å². The van der Waals surface area contributed by atoms with Crippen molar-refractivity contribution in [2.24, 2.45) is 22.7 Å². The zero-order valence-corrected chi connectivity index (χ0v) is 22.4. The molecule has 0 amide bonds. The fraction of sp³-hybridized carbons (Fsp3) is 0.394. The number of ether oxygens (including phenoxy) is 1. The van der Waals surface area contributed by atoms with E-state index in [2.05, 4.69) is 19.1 Å². The number of carbonyl (C=O) groups is 1. The van der Waals surface area contributed by atoms with E-state index in [4.69, 9.17) is 17.6 Å². The highest BCUT2D eigenvalue weighted by Crippen LogP contribution is 2.37. The first-order valence-corrected chi connectivity index (χ1v) is 13.9. The zero-order valence-electron chi connectivity index (χ0n) is 22.4. The Morgan fingerprint density at radius 1 is 1.13 bits per heavy atom. The Balaban J connectivity index is 1.24. The summed E-state index contributed by atoms with van der Waals surface area (Å²) in [6, 6.07) is 10.9. The van der Waals surface area contributed by atoms with Crippen molar-refractivity contribution >= 4 is 30.4 Å². The van der Waals surface area contributed by atoms with Crippen LogP contribution < -0.4 is 10.2 Å². The molecular formula is C33H35BFNO2. The van der Waals surface area contributed by atoms with E-state index in [1.54, 1.807) is 6.07 Å². The van der Waals surface area contributed by atoms with Crippen LogP contribution in [0.25, 0.3) is 5.57 Å². The first kappa shape index (κ1) is 26.4. The van der Waals surface area contributed by atoms with Gasteiger partial charge in [0.1, 0.15) is 7.85 Å². The molecule has 1 fully saturated rings. The highest BCUT2D eigenvalue weighted by molar-refractivity contribution is 6.36. The lowest BCUT2D eigenvalue weighted by Gasteiger charge is -2.28. The summed E-state index contributed by atoms with van der Waals surface area (Å²) in [7, 11) is 7.89. The topological polar surface area (TPSA) is 38.7 Å². The molecule has 0 spiro atoms. The maximum absolute atomic E-state index is 14.3. The molecule has 1 unspecified atom stereocenters. The summed E-state index contributed by atoms with van der Waals surface area (Å²) in [5.41, 5.74) is 6.10. The van der Waals surface area contributed by atoms with Gasteiger partial charge in [-0.15, -0.1) is 0 Å². The third-order valence-electron chi connectivity index (χ3n) is 8.35. The second-order valence-corrected chi connectivity index (χ2v) is 10.8. The molecule has 2 aromatic rings. The number of hydrogen-bond donors (Lipinski definition) is 0. The van der Waals surface area contributed by atoms with Crippen LogP contribution in [-0.2, 0) is 6.42 Å². The summed E-state index contributed by atoms with van der Waals surface area (Å²) in [5, 5.41) is 0. The van der Waals surface area contributed by atoms with Crippen LogP contribution in [0.15, 0.2) is 71.4 Å². The van der Waals surface area contributed by atoms with E-state index in [1.807, 2.05) is 36.5 Å². The number of halogens is 1. The van der Waals surface area contributed by atoms with Crippen LogP contribution in [0.2, 0.25) is 0 Å². The number of carbonyl (C=O) groups excluding carboxylic acids is 1. The molecule has 3 aliphatic rings. The number of benzene rings is 2. The lowest BCUT2D eigenvalue weighted by atomic mass is 9.75. The summed E-state index contributed by atoms with van der Waals surface area (Å²) in [6.45, 7) is 2.24. The van der Waals surface area contributed by atoms with Crippen molar-refractivity contribution in [2.45, 2.75) is 58.3 Å². The summed E-state index contributed by atoms with van der Waals surface area (Å²) in [5.74, 6) is 0.889. The molecule has 2 radical (unpaired) electrons. The molecule has 5 heteroatoms. The Morgan fingerprint density at radius 3 is 2.66 bits per heavy atom. The first-order valence-electron chi connectivity index (χ1n) is 13.9. The smallest absolute Gasteiger partial charge is 0.165 e. The fourth-order valence-corrected chi connectivity index (χ4v) is 6.13. The van der Waals surface area contributed by atoms with E-state index < -0.39 is 0 Å². The number of aliphatic imine (C=N–C) groups is 1. The number of nitrogens with zero attached hydrogens (tertiary/aromatic N) is 1. The number of methoxy groups -OCH3 is 1. The average Bonchev–Trinajstić information content (AvgIpc) is 3.37. The molecule has 1 aliphatic heterocycles. The standard InChI is InChI=1S/C33H35BFNO2/c1-3-4-6-21-9-12-23(13-10-21)33(37)27-15-11-22(18-29(27)34)17-25-7-5-8-26-28(20-36-32(25)26)24-14-16-31(38-2)30(35)19-24/h5,7-8,11,14-16,18-21,23,26H,3-4,6,9-10,12-13,17H2,1-2H3. The zero-order chi connectivity index (χ0) is 26.6. The van der Waals surface area contributed by atoms with Crippen LogP contribution in [0, 0.1) is 23.6 Å². The molecule has 0 N–H and O–H groups in total. The van der Waals surface area contributed by atoms with Gasteiger partial charge in [-0.05, 0) is 72.4 Å². The number of Topliss-reactive ketones (excluding diaryl/α,β-unsaturated/α-hetero) is 1. The van der Waals surface area contributed by atoms with Crippen LogP contribution >= 0.6 is 0 Å². The molecule has 1 saturated carbocycles. The minimum atomic E-state index is -0.385. The molecule has 194 valence electrons. The third-order valence-corrected chi connectivity index (χ3v) is 8.35. The summed E-state index contributed by atoms with van der Waals surface area (Å²) in [6.07, 6.45) is 16.8. The van der Waals surface area contributed by atoms with E-state index >= 15 is 0 Å². The van der Waals surface area contributed by atoms with Crippen molar-refractivity contribution < 1.29 is 13.9 Å². The predicted octanol–water partition coefficient (Wildman–Crippen LogP) is 6.96. The van der Waals surface area contributed by atoms with Crippen LogP contribution in [-0.4, -0.2) is 26.5 Å². The molecule has 3 nitrogen and oxygen atoms in total. The van der Waals surface area contributed by atoms with Gasteiger partial charge in [0.2, 0.25) is 0 Å². The molecule has 0 saturated heterocycles.